The van der Waals surface area contributed by atoms with E-state index in [4.69, 9.17) is 4.74 Å². The Bertz CT molecular complexity index is 1090. The molecule has 0 unspecified atom stereocenters. The van der Waals surface area contributed by atoms with Crippen LogP contribution in [-0.2, 0) is 30.9 Å². The van der Waals surface area contributed by atoms with E-state index in [1.165, 1.54) is 28.6 Å². The molecule has 1 heterocycles. The van der Waals surface area contributed by atoms with Crippen LogP contribution >= 0.6 is 0 Å². The molecule has 1 aliphatic heterocycles. The van der Waals surface area contributed by atoms with Gasteiger partial charge in [-0.25, -0.2) is 12.8 Å². The number of halogens is 1. The third-order valence-electron chi connectivity index (χ3n) is 5.09. The maximum absolute atomic E-state index is 13.3. The Hall–Kier alpha value is -2.82. The number of nitrogens with zero attached hydrogens (tertiary/aromatic N) is 1. The number of aryl methyl sites for hydroxylation is 2. The van der Waals surface area contributed by atoms with E-state index in [9.17, 15) is 22.4 Å². The lowest BCUT2D eigenvalue weighted by Crippen LogP contribution is -2.53. The largest absolute Gasteiger partial charge is 0.360 e. The van der Waals surface area contributed by atoms with Crippen molar-refractivity contribution in [3.05, 3.63) is 65.0 Å². The summed E-state index contributed by atoms with van der Waals surface area (Å²) in [6.07, 6.45) is -0.408. The first-order valence-corrected chi connectivity index (χ1v) is 11.6. The van der Waals surface area contributed by atoms with E-state index in [-0.39, 0.29) is 24.5 Å². The number of nitrogens with one attached hydrogen (secondary N) is 2. The summed E-state index contributed by atoms with van der Waals surface area (Å²) in [5.74, 6) is -2.19. The Morgan fingerprint density at radius 2 is 1.78 bits per heavy atom. The summed E-state index contributed by atoms with van der Waals surface area (Å²) >= 11 is 0. The molecule has 2 aromatic rings. The number of ether oxygens (including phenoxy) is 1. The molecule has 1 atom stereocenters. The average molecular weight is 464 g/mol. The fourth-order valence-corrected chi connectivity index (χ4v) is 5.22. The molecule has 8 nitrogen and oxygen atoms in total. The molecule has 0 aromatic heterocycles. The van der Waals surface area contributed by atoms with E-state index in [2.05, 4.69) is 10.6 Å². The Kier molecular flexibility index (Phi) is 7.60. The average Bonchev–Trinajstić information content (AvgIpc) is 2.78. The summed E-state index contributed by atoms with van der Waals surface area (Å²) < 4.78 is 46.3. The minimum absolute atomic E-state index is 0.0552. The Balaban J connectivity index is 1.62. The zero-order chi connectivity index (χ0) is 23.3. The van der Waals surface area contributed by atoms with Crippen LogP contribution in [-0.4, -0.2) is 50.5 Å². The van der Waals surface area contributed by atoms with E-state index >= 15 is 0 Å². The molecule has 1 aliphatic rings. The molecule has 0 aliphatic carbocycles. The van der Waals surface area contributed by atoms with Gasteiger partial charge in [-0.2, -0.15) is 4.31 Å². The van der Waals surface area contributed by atoms with E-state index < -0.39 is 33.9 Å². The van der Waals surface area contributed by atoms with Gasteiger partial charge in [0.15, 0.2) is 0 Å². The van der Waals surface area contributed by atoms with Gasteiger partial charge in [0.05, 0.1) is 18.0 Å². The van der Waals surface area contributed by atoms with E-state index in [1.54, 1.807) is 19.1 Å². The van der Waals surface area contributed by atoms with Gasteiger partial charge in [-0.05, 0) is 55.2 Å². The van der Waals surface area contributed by atoms with Gasteiger partial charge in [0.2, 0.25) is 10.0 Å². The van der Waals surface area contributed by atoms with Crippen molar-refractivity contribution in [2.75, 3.05) is 19.7 Å². The van der Waals surface area contributed by atoms with Crippen LogP contribution in [0.15, 0.2) is 47.4 Å². The summed E-state index contributed by atoms with van der Waals surface area (Å²) in [5, 5.41) is 4.88. The molecule has 0 spiro atoms. The standard InChI is InChI=1S/C22H26FN3O5S/c1-15-4-5-16(2)19(12-15)32(29,30)26-10-3-11-31-20(26)14-25-22(28)21(27)24-13-17-6-8-18(23)9-7-17/h4-9,12,20H,3,10-11,13-14H2,1-2H3,(H,24,27)(H,25,28)/t20-/m0/s1. The Labute approximate surface area is 186 Å². The maximum atomic E-state index is 13.3. The van der Waals surface area contributed by atoms with Gasteiger partial charge in [0.25, 0.3) is 0 Å². The first-order chi connectivity index (χ1) is 15.2. The topological polar surface area (TPSA) is 105 Å². The molecule has 1 fully saturated rings. The summed E-state index contributed by atoms with van der Waals surface area (Å²) in [6.45, 7) is 4.00. The van der Waals surface area contributed by atoms with E-state index in [0.29, 0.717) is 24.2 Å². The Morgan fingerprint density at radius 3 is 2.50 bits per heavy atom. The molecule has 3 rings (SSSR count). The normalized spacial score (nSPS) is 17.0. The van der Waals surface area contributed by atoms with Gasteiger partial charge in [-0.3, -0.25) is 9.59 Å². The lowest BCUT2D eigenvalue weighted by Gasteiger charge is -2.35. The van der Waals surface area contributed by atoms with E-state index in [1.807, 2.05) is 13.0 Å². The molecule has 172 valence electrons. The van der Waals surface area contributed by atoms with Gasteiger partial charge >= 0.3 is 11.8 Å². The number of carbonyl (C=O) groups excluding carboxylic acids is 2. The van der Waals surface area contributed by atoms with Gasteiger partial charge in [-0.15, -0.1) is 0 Å². The van der Waals surface area contributed by atoms with Gasteiger partial charge in [0.1, 0.15) is 12.0 Å². The molecule has 0 bridgehead atoms. The van der Waals surface area contributed by atoms with Crippen LogP contribution in [0.2, 0.25) is 0 Å². The number of benzene rings is 2. The second-order valence-corrected chi connectivity index (χ2v) is 9.44. The number of sulfonamides is 1. The highest BCUT2D eigenvalue weighted by Crippen LogP contribution is 2.25. The minimum Gasteiger partial charge on any atom is -0.360 e. The minimum atomic E-state index is -3.86. The third-order valence-corrected chi connectivity index (χ3v) is 7.13. The second-order valence-electron chi connectivity index (χ2n) is 7.58. The van der Waals surface area contributed by atoms with Crippen LogP contribution < -0.4 is 10.6 Å². The summed E-state index contributed by atoms with van der Waals surface area (Å²) in [4.78, 5) is 24.4. The molecule has 0 radical (unpaired) electrons. The van der Waals surface area contributed by atoms with Crippen molar-refractivity contribution in [1.29, 1.82) is 0 Å². The van der Waals surface area contributed by atoms with Crippen molar-refractivity contribution in [1.82, 2.24) is 14.9 Å². The predicted octanol–water partition coefficient (Wildman–Crippen LogP) is 1.61. The first kappa shape index (κ1) is 23.8. The summed E-state index contributed by atoms with van der Waals surface area (Å²) in [5.41, 5.74) is 2.06. The highest BCUT2D eigenvalue weighted by molar-refractivity contribution is 7.89. The van der Waals surface area contributed by atoms with Crippen LogP contribution in [0, 0.1) is 19.7 Å². The number of amides is 2. The maximum Gasteiger partial charge on any atom is 0.309 e. The van der Waals surface area contributed by atoms with Crippen molar-refractivity contribution in [3.63, 3.8) is 0 Å². The zero-order valence-corrected chi connectivity index (χ0v) is 18.7. The van der Waals surface area contributed by atoms with Crippen LogP contribution in [0.5, 0.6) is 0 Å². The van der Waals surface area contributed by atoms with Crippen LogP contribution in [0.1, 0.15) is 23.1 Å². The molecular formula is C22H26FN3O5S. The third kappa shape index (κ3) is 5.70. The monoisotopic (exact) mass is 463 g/mol. The van der Waals surface area contributed by atoms with E-state index in [0.717, 1.165) is 5.56 Å². The number of carbonyl (C=O) groups is 2. The second kappa shape index (κ2) is 10.2. The Morgan fingerprint density at radius 1 is 1.09 bits per heavy atom. The summed E-state index contributed by atoms with van der Waals surface area (Å²) in [7, 11) is -3.86. The SMILES string of the molecule is Cc1ccc(C)c(S(=O)(=O)N2CCCO[C@H]2CNC(=O)C(=O)NCc2ccc(F)cc2)c1. The lowest BCUT2D eigenvalue weighted by molar-refractivity contribution is -0.140. The molecule has 2 N–H and O–H groups in total. The van der Waals surface area contributed by atoms with Crippen molar-refractivity contribution < 1.29 is 27.1 Å². The van der Waals surface area contributed by atoms with Crippen LogP contribution in [0.4, 0.5) is 4.39 Å². The van der Waals surface area contributed by atoms with Crippen molar-refractivity contribution in [2.24, 2.45) is 0 Å². The highest BCUT2D eigenvalue weighted by atomic mass is 32.2. The molecular weight excluding hydrogens is 437 g/mol. The van der Waals surface area contributed by atoms with Crippen molar-refractivity contribution in [2.45, 2.75) is 37.9 Å². The van der Waals surface area contributed by atoms with Crippen LogP contribution in [0.25, 0.3) is 0 Å². The fourth-order valence-electron chi connectivity index (χ4n) is 3.34. The first-order valence-electron chi connectivity index (χ1n) is 10.2. The van der Waals surface area contributed by atoms with Gasteiger partial charge < -0.3 is 15.4 Å². The number of hydrogen-bond acceptors (Lipinski definition) is 5. The summed E-state index contributed by atoms with van der Waals surface area (Å²) in [6, 6.07) is 10.7. The van der Waals surface area contributed by atoms with Gasteiger partial charge in [0, 0.05) is 13.1 Å². The number of hydrogen-bond donors (Lipinski definition) is 2. The molecule has 32 heavy (non-hydrogen) atoms. The predicted molar refractivity (Wildman–Crippen MR) is 115 cm³/mol. The molecule has 2 aromatic carbocycles. The molecule has 10 heteroatoms. The highest BCUT2D eigenvalue weighted by Gasteiger charge is 2.35. The van der Waals surface area contributed by atoms with Crippen molar-refractivity contribution >= 4 is 21.8 Å². The number of rotatable bonds is 6. The quantitative estimate of drug-likeness (QED) is 0.634. The van der Waals surface area contributed by atoms with Crippen LogP contribution in [0.3, 0.4) is 0 Å². The molecule has 0 saturated carbocycles. The molecule has 1 saturated heterocycles. The van der Waals surface area contributed by atoms with Gasteiger partial charge in [-0.1, -0.05) is 24.3 Å². The smallest absolute Gasteiger partial charge is 0.309 e. The van der Waals surface area contributed by atoms with Crippen molar-refractivity contribution in [3.8, 4) is 0 Å². The molecule has 2 amide bonds. The fraction of sp³-hybridized carbons (Fsp3) is 0.364. The zero-order valence-electron chi connectivity index (χ0n) is 17.9. The lowest BCUT2D eigenvalue weighted by atomic mass is 10.2.